The zero-order chi connectivity index (χ0) is 19.2. The number of hydrogen-bond donors (Lipinski definition) is 1. The molecule has 0 radical (unpaired) electrons. The van der Waals surface area contributed by atoms with Crippen LogP contribution in [0, 0.1) is 10.1 Å². The summed E-state index contributed by atoms with van der Waals surface area (Å²) in [4.78, 5) is 23.9. The minimum absolute atomic E-state index is 0.141. The van der Waals surface area contributed by atoms with Crippen molar-refractivity contribution in [2.75, 3.05) is 11.9 Å². The van der Waals surface area contributed by atoms with E-state index in [1.807, 2.05) is 0 Å². The van der Waals surface area contributed by atoms with Crippen molar-refractivity contribution >= 4 is 39.7 Å². The number of hydrogen-bond acceptors (Lipinski definition) is 8. The highest BCUT2D eigenvalue weighted by Gasteiger charge is 2.20. The molecule has 1 N–H and O–H groups in total. The maximum atomic E-state index is 12.5. The lowest BCUT2D eigenvalue weighted by Gasteiger charge is -2.04. The predicted octanol–water partition coefficient (Wildman–Crippen LogP) is 4.43. The first-order valence-corrected chi connectivity index (χ1v) is 9.46. The van der Waals surface area contributed by atoms with Gasteiger partial charge in [0.25, 0.3) is 5.69 Å². The number of benzene rings is 2. The van der Waals surface area contributed by atoms with Crippen LogP contribution in [0.1, 0.15) is 15.9 Å². The third-order valence-electron chi connectivity index (χ3n) is 3.46. The van der Waals surface area contributed by atoms with E-state index in [1.165, 1.54) is 17.4 Å². The van der Waals surface area contributed by atoms with Crippen molar-refractivity contribution < 1.29 is 9.72 Å². The van der Waals surface area contributed by atoms with Gasteiger partial charge in [-0.3, -0.25) is 14.9 Å². The summed E-state index contributed by atoms with van der Waals surface area (Å²) >= 11 is 2.43. The Labute approximate surface area is 163 Å². The van der Waals surface area contributed by atoms with Gasteiger partial charge in [-0.25, -0.2) is 0 Å². The lowest BCUT2D eigenvalue weighted by Crippen LogP contribution is -2.02. The van der Waals surface area contributed by atoms with Gasteiger partial charge in [-0.15, -0.1) is 16.8 Å². The van der Waals surface area contributed by atoms with Crippen molar-refractivity contribution in [2.45, 2.75) is 9.24 Å². The number of rotatable bonds is 8. The van der Waals surface area contributed by atoms with Crippen LogP contribution in [0.3, 0.4) is 0 Å². The van der Waals surface area contributed by atoms with Crippen LogP contribution in [0.4, 0.5) is 10.8 Å². The second-order valence-electron chi connectivity index (χ2n) is 5.28. The van der Waals surface area contributed by atoms with Crippen molar-refractivity contribution in [3.05, 3.63) is 82.4 Å². The number of aromatic nitrogens is 2. The SMILES string of the molecule is C=CCNc1nnc(Sc2ccc(C(=O)c3ccccc3)cc2[N+](=O)[O-])s1. The van der Waals surface area contributed by atoms with Gasteiger partial charge < -0.3 is 5.32 Å². The Kier molecular flexibility index (Phi) is 5.94. The van der Waals surface area contributed by atoms with E-state index in [9.17, 15) is 14.9 Å². The largest absolute Gasteiger partial charge is 0.357 e. The first-order chi connectivity index (χ1) is 13.1. The summed E-state index contributed by atoms with van der Waals surface area (Å²) < 4.78 is 0.562. The van der Waals surface area contributed by atoms with Crippen molar-refractivity contribution in [3.63, 3.8) is 0 Å². The zero-order valence-corrected chi connectivity index (χ0v) is 15.6. The highest BCUT2D eigenvalue weighted by atomic mass is 32.2. The molecule has 1 heterocycles. The zero-order valence-electron chi connectivity index (χ0n) is 14.0. The molecule has 0 amide bonds. The molecule has 0 aliphatic rings. The maximum Gasteiger partial charge on any atom is 0.284 e. The normalized spacial score (nSPS) is 10.4. The topological polar surface area (TPSA) is 98.0 Å². The van der Waals surface area contributed by atoms with Crippen molar-refractivity contribution in [1.82, 2.24) is 10.2 Å². The molecule has 3 rings (SSSR count). The van der Waals surface area contributed by atoms with Gasteiger partial charge in [0.15, 0.2) is 10.1 Å². The molecular weight excluding hydrogens is 384 g/mol. The summed E-state index contributed by atoms with van der Waals surface area (Å²) in [5.74, 6) is -0.262. The number of nitrogens with one attached hydrogen (secondary N) is 1. The van der Waals surface area contributed by atoms with Crippen LogP contribution in [-0.4, -0.2) is 27.4 Å². The van der Waals surface area contributed by atoms with E-state index >= 15 is 0 Å². The second-order valence-corrected chi connectivity index (χ2v) is 7.55. The molecule has 0 fully saturated rings. The molecular formula is C18H14N4O3S2. The van der Waals surface area contributed by atoms with E-state index in [2.05, 4.69) is 22.1 Å². The molecule has 0 saturated heterocycles. The molecule has 0 unspecified atom stereocenters. The Balaban J connectivity index is 1.86. The molecule has 0 aliphatic carbocycles. The van der Waals surface area contributed by atoms with E-state index in [1.54, 1.807) is 48.5 Å². The number of carbonyl (C=O) groups excluding carboxylic acids is 1. The molecule has 0 atom stereocenters. The van der Waals surface area contributed by atoms with Gasteiger partial charge in [0, 0.05) is 23.7 Å². The fraction of sp³-hybridized carbons (Fsp3) is 0.0556. The highest BCUT2D eigenvalue weighted by Crippen LogP contribution is 2.37. The molecule has 2 aromatic carbocycles. The minimum atomic E-state index is -0.498. The molecule has 3 aromatic rings. The molecule has 7 nitrogen and oxygen atoms in total. The molecule has 0 spiro atoms. The fourth-order valence-electron chi connectivity index (χ4n) is 2.22. The Morgan fingerprint density at radius 3 is 2.70 bits per heavy atom. The lowest BCUT2D eigenvalue weighted by atomic mass is 10.0. The third-order valence-corrected chi connectivity index (χ3v) is 5.45. The van der Waals surface area contributed by atoms with Crippen LogP contribution in [0.15, 0.2) is 70.4 Å². The molecule has 27 heavy (non-hydrogen) atoms. The Bertz CT molecular complexity index is 989. The summed E-state index contributed by atoms with van der Waals surface area (Å²) in [6.07, 6.45) is 1.70. The van der Waals surface area contributed by atoms with Crippen LogP contribution in [-0.2, 0) is 0 Å². The Morgan fingerprint density at radius 2 is 2.00 bits per heavy atom. The number of nitrogens with zero attached hydrogens (tertiary/aromatic N) is 3. The van der Waals surface area contributed by atoms with E-state index in [4.69, 9.17) is 0 Å². The number of ketones is 1. The van der Waals surface area contributed by atoms with Gasteiger partial charge in [-0.2, -0.15) is 0 Å². The van der Waals surface area contributed by atoms with Crippen molar-refractivity contribution in [1.29, 1.82) is 0 Å². The number of nitro benzene ring substituents is 1. The summed E-state index contributed by atoms with van der Waals surface area (Å²) in [7, 11) is 0. The quantitative estimate of drug-likeness (QED) is 0.259. The standard InChI is InChI=1S/C18H14N4O3S2/c1-2-10-19-17-20-21-18(27-17)26-15-9-8-13(11-14(15)22(24)25)16(23)12-6-4-3-5-7-12/h2-9,11H,1,10H2,(H,19,20). The van der Waals surface area contributed by atoms with Crippen molar-refractivity contribution in [3.8, 4) is 0 Å². The van der Waals surface area contributed by atoms with E-state index in [-0.39, 0.29) is 17.0 Å². The van der Waals surface area contributed by atoms with Gasteiger partial charge in [0.2, 0.25) is 5.13 Å². The average Bonchev–Trinajstić information content (AvgIpc) is 3.14. The van der Waals surface area contributed by atoms with Crippen LogP contribution in [0.2, 0.25) is 0 Å². The molecule has 9 heteroatoms. The molecule has 1 aromatic heterocycles. The van der Waals surface area contributed by atoms with Gasteiger partial charge in [0.1, 0.15) is 0 Å². The second kappa shape index (κ2) is 8.56. The number of anilines is 1. The third kappa shape index (κ3) is 4.57. The Hall–Kier alpha value is -3.04. The van der Waals surface area contributed by atoms with E-state index in [0.717, 1.165) is 11.8 Å². The number of nitro groups is 1. The summed E-state index contributed by atoms with van der Waals surface area (Å²) in [6, 6.07) is 13.1. The monoisotopic (exact) mass is 398 g/mol. The first-order valence-electron chi connectivity index (χ1n) is 7.83. The first kappa shape index (κ1) is 18.7. The van der Waals surface area contributed by atoms with Gasteiger partial charge in [0.05, 0.1) is 9.82 Å². The number of carbonyl (C=O) groups is 1. The smallest absolute Gasteiger partial charge is 0.284 e. The Morgan fingerprint density at radius 1 is 1.22 bits per heavy atom. The molecule has 0 bridgehead atoms. The summed E-state index contributed by atoms with van der Waals surface area (Å²) in [6.45, 7) is 4.16. The molecule has 136 valence electrons. The maximum absolute atomic E-state index is 12.5. The van der Waals surface area contributed by atoms with E-state index < -0.39 is 4.92 Å². The van der Waals surface area contributed by atoms with Gasteiger partial charge in [-0.05, 0) is 23.9 Å². The van der Waals surface area contributed by atoms with Crippen LogP contribution in [0.25, 0.3) is 0 Å². The predicted molar refractivity (Wildman–Crippen MR) is 106 cm³/mol. The fourth-order valence-corrected chi connectivity index (χ4v) is 4.02. The summed E-state index contributed by atoms with van der Waals surface area (Å²) in [5, 5.41) is 23.1. The van der Waals surface area contributed by atoms with Crippen LogP contribution in [0.5, 0.6) is 0 Å². The lowest BCUT2D eigenvalue weighted by molar-refractivity contribution is -0.387. The highest BCUT2D eigenvalue weighted by molar-refractivity contribution is 8.01. The molecule has 0 saturated carbocycles. The average molecular weight is 398 g/mol. The van der Waals surface area contributed by atoms with Crippen molar-refractivity contribution in [2.24, 2.45) is 0 Å². The summed E-state index contributed by atoms with van der Waals surface area (Å²) in [5.41, 5.74) is 0.606. The molecule has 0 aliphatic heterocycles. The van der Waals surface area contributed by atoms with Crippen LogP contribution >= 0.6 is 23.1 Å². The van der Waals surface area contributed by atoms with Crippen LogP contribution < -0.4 is 5.32 Å². The van der Waals surface area contributed by atoms with Gasteiger partial charge in [-0.1, -0.05) is 47.7 Å². The minimum Gasteiger partial charge on any atom is -0.357 e. The van der Waals surface area contributed by atoms with E-state index in [0.29, 0.717) is 26.5 Å². The van der Waals surface area contributed by atoms with Gasteiger partial charge >= 0.3 is 0 Å².